The predicted molar refractivity (Wildman–Crippen MR) is 76.8 cm³/mol. The molecule has 0 saturated carbocycles. The third-order valence-corrected chi connectivity index (χ3v) is 3.84. The van der Waals surface area contributed by atoms with Crippen LogP contribution in [0.5, 0.6) is 0 Å². The summed E-state index contributed by atoms with van der Waals surface area (Å²) >= 11 is 0. The lowest BCUT2D eigenvalue weighted by molar-refractivity contribution is 0.0599. The molecule has 0 spiro atoms. The van der Waals surface area contributed by atoms with Crippen molar-refractivity contribution >= 4 is 5.97 Å². The largest absolute Gasteiger partial charge is 0.465 e. The number of rotatable bonds is 6. The van der Waals surface area contributed by atoms with Gasteiger partial charge in [0.15, 0.2) is 0 Å². The molecule has 1 aromatic rings. The number of esters is 1. The van der Waals surface area contributed by atoms with Gasteiger partial charge in [0.1, 0.15) is 17.1 Å². The van der Waals surface area contributed by atoms with E-state index < -0.39 is 0 Å². The SMILES string of the molecule is CCN(Cc1cc(C(=O)OC)c(C)o1)CC1CCCN1. The smallest absolute Gasteiger partial charge is 0.341 e. The second-order valence-electron chi connectivity index (χ2n) is 5.30. The average Bonchev–Trinajstić information content (AvgIpc) is 3.07. The molecule has 0 bridgehead atoms. The number of methoxy groups -OCH3 is 1. The van der Waals surface area contributed by atoms with Crippen molar-refractivity contribution in [1.82, 2.24) is 10.2 Å². The number of likely N-dealkylation sites (N-methyl/N-ethyl adjacent to an activating group) is 1. The van der Waals surface area contributed by atoms with Crippen LogP contribution in [0.25, 0.3) is 0 Å². The molecule has 1 atom stereocenters. The van der Waals surface area contributed by atoms with Crippen molar-refractivity contribution in [2.24, 2.45) is 0 Å². The maximum absolute atomic E-state index is 11.6. The average molecular weight is 280 g/mol. The third-order valence-electron chi connectivity index (χ3n) is 3.84. The molecule has 2 heterocycles. The number of ether oxygens (including phenoxy) is 1. The summed E-state index contributed by atoms with van der Waals surface area (Å²) in [5.74, 6) is 1.11. The molecule has 1 fully saturated rings. The van der Waals surface area contributed by atoms with Crippen LogP contribution in [-0.2, 0) is 11.3 Å². The standard InChI is InChI=1S/C15H24N2O3/c1-4-17(9-12-6-5-7-16-12)10-13-8-14(11(2)20-13)15(18)19-3/h8,12,16H,4-7,9-10H2,1-3H3. The maximum Gasteiger partial charge on any atom is 0.341 e. The van der Waals surface area contributed by atoms with Crippen LogP contribution in [0, 0.1) is 6.92 Å². The number of hydrogen-bond donors (Lipinski definition) is 1. The number of carbonyl (C=O) groups excluding carboxylic acids is 1. The summed E-state index contributed by atoms with van der Waals surface area (Å²) in [4.78, 5) is 13.9. The molecule has 5 heteroatoms. The predicted octanol–water partition coefficient (Wildman–Crippen LogP) is 1.95. The molecular formula is C15H24N2O3. The molecular weight excluding hydrogens is 256 g/mol. The molecule has 0 aliphatic carbocycles. The van der Waals surface area contributed by atoms with Crippen LogP contribution in [0.4, 0.5) is 0 Å². The van der Waals surface area contributed by atoms with Gasteiger partial charge in [-0.25, -0.2) is 4.79 Å². The van der Waals surface area contributed by atoms with Gasteiger partial charge in [0.25, 0.3) is 0 Å². The Morgan fingerprint density at radius 1 is 1.60 bits per heavy atom. The van der Waals surface area contributed by atoms with Crippen molar-refractivity contribution < 1.29 is 13.9 Å². The zero-order valence-electron chi connectivity index (χ0n) is 12.6. The quantitative estimate of drug-likeness (QED) is 0.807. The van der Waals surface area contributed by atoms with Crippen LogP contribution in [0.1, 0.15) is 41.6 Å². The van der Waals surface area contributed by atoms with E-state index in [4.69, 9.17) is 9.15 Å². The molecule has 5 nitrogen and oxygen atoms in total. The van der Waals surface area contributed by atoms with Crippen LogP contribution in [0.3, 0.4) is 0 Å². The van der Waals surface area contributed by atoms with Crippen molar-refractivity contribution in [1.29, 1.82) is 0 Å². The first-order chi connectivity index (χ1) is 9.63. The first kappa shape index (κ1) is 15.1. The topological polar surface area (TPSA) is 54.7 Å². The van der Waals surface area contributed by atoms with Crippen LogP contribution in [-0.4, -0.2) is 43.7 Å². The second-order valence-corrected chi connectivity index (χ2v) is 5.30. The Hall–Kier alpha value is -1.33. The molecule has 1 unspecified atom stereocenters. The highest BCUT2D eigenvalue weighted by Crippen LogP contribution is 2.18. The summed E-state index contributed by atoms with van der Waals surface area (Å²) in [6.45, 7) is 7.77. The monoisotopic (exact) mass is 280 g/mol. The van der Waals surface area contributed by atoms with Crippen molar-refractivity contribution in [3.8, 4) is 0 Å². The van der Waals surface area contributed by atoms with E-state index >= 15 is 0 Å². The van der Waals surface area contributed by atoms with Gasteiger partial charge < -0.3 is 14.5 Å². The lowest BCUT2D eigenvalue weighted by atomic mass is 10.2. The Labute approximate surface area is 120 Å². The van der Waals surface area contributed by atoms with E-state index in [1.165, 1.54) is 20.0 Å². The van der Waals surface area contributed by atoms with Gasteiger partial charge in [-0.05, 0) is 38.9 Å². The highest BCUT2D eigenvalue weighted by molar-refractivity contribution is 5.90. The Morgan fingerprint density at radius 2 is 2.40 bits per heavy atom. The normalized spacial score (nSPS) is 18.7. The van der Waals surface area contributed by atoms with Gasteiger partial charge >= 0.3 is 5.97 Å². The number of furan rings is 1. The summed E-state index contributed by atoms with van der Waals surface area (Å²) < 4.78 is 10.4. The van der Waals surface area contributed by atoms with Gasteiger partial charge in [-0.2, -0.15) is 0 Å². The first-order valence-electron chi connectivity index (χ1n) is 7.27. The summed E-state index contributed by atoms with van der Waals surface area (Å²) in [5, 5.41) is 3.50. The third kappa shape index (κ3) is 3.61. The molecule has 0 amide bonds. The summed E-state index contributed by atoms with van der Waals surface area (Å²) in [7, 11) is 1.39. The van der Waals surface area contributed by atoms with E-state index in [1.807, 2.05) is 0 Å². The molecule has 1 N–H and O–H groups in total. The minimum atomic E-state index is -0.335. The van der Waals surface area contributed by atoms with E-state index in [2.05, 4.69) is 17.1 Å². The zero-order valence-corrected chi connectivity index (χ0v) is 12.6. The fourth-order valence-electron chi connectivity index (χ4n) is 2.68. The first-order valence-corrected chi connectivity index (χ1v) is 7.27. The van der Waals surface area contributed by atoms with Crippen LogP contribution in [0.15, 0.2) is 10.5 Å². The Bertz CT molecular complexity index is 450. The number of nitrogens with zero attached hydrogens (tertiary/aromatic N) is 1. The van der Waals surface area contributed by atoms with Gasteiger partial charge in [-0.1, -0.05) is 6.92 Å². The Balaban J connectivity index is 1.98. The van der Waals surface area contributed by atoms with Gasteiger partial charge in [-0.15, -0.1) is 0 Å². The second kappa shape index (κ2) is 6.90. The zero-order chi connectivity index (χ0) is 14.5. The minimum absolute atomic E-state index is 0.335. The van der Waals surface area contributed by atoms with Crippen molar-refractivity contribution in [2.75, 3.05) is 26.7 Å². The molecule has 2 rings (SSSR count). The van der Waals surface area contributed by atoms with Gasteiger partial charge in [0.2, 0.25) is 0 Å². The number of hydrogen-bond acceptors (Lipinski definition) is 5. The van der Waals surface area contributed by atoms with Crippen LogP contribution >= 0.6 is 0 Å². The Kier molecular flexibility index (Phi) is 5.20. The minimum Gasteiger partial charge on any atom is -0.465 e. The van der Waals surface area contributed by atoms with E-state index in [9.17, 15) is 4.79 Å². The molecule has 0 aromatic carbocycles. The lowest BCUT2D eigenvalue weighted by Gasteiger charge is -2.23. The van der Waals surface area contributed by atoms with Crippen molar-refractivity contribution in [3.05, 3.63) is 23.2 Å². The highest BCUT2D eigenvalue weighted by Gasteiger charge is 2.20. The van der Waals surface area contributed by atoms with Gasteiger partial charge in [0, 0.05) is 12.6 Å². The Morgan fingerprint density at radius 3 is 3.00 bits per heavy atom. The van der Waals surface area contributed by atoms with Crippen LogP contribution < -0.4 is 5.32 Å². The molecule has 1 aromatic heterocycles. The van der Waals surface area contributed by atoms with E-state index in [0.29, 0.717) is 17.4 Å². The van der Waals surface area contributed by atoms with E-state index in [-0.39, 0.29) is 5.97 Å². The fourth-order valence-corrected chi connectivity index (χ4v) is 2.68. The number of nitrogens with one attached hydrogen (secondary N) is 1. The van der Waals surface area contributed by atoms with E-state index in [0.717, 1.165) is 31.9 Å². The van der Waals surface area contributed by atoms with Gasteiger partial charge in [0.05, 0.1) is 13.7 Å². The van der Waals surface area contributed by atoms with Gasteiger partial charge in [-0.3, -0.25) is 4.90 Å². The fraction of sp³-hybridized carbons (Fsp3) is 0.667. The summed E-state index contributed by atoms with van der Waals surface area (Å²) in [6.07, 6.45) is 2.50. The molecule has 1 aliphatic rings. The molecule has 0 radical (unpaired) electrons. The molecule has 20 heavy (non-hydrogen) atoms. The molecule has 1 aliphatic heterocycles. The lowest BCUT2D eigenvalue weighted by Crippen LogP contribution is -2.37. The summed E-state index contributed by atoms with van der Waals surface area (Å²) in [5.41, 5.74) is 0.526. The maximum atomic E-state index is 11.6. The van der Waals surface area contributed by atoms with E-state index in [1.54, 1.807) is 13.0 Å². The number of carbonyl (C=O) groups is 1. The summed E-state index contributed by atoms with van der Waals surface area (Å²) in [6, 6.07) is 2.37. The highest BCUT2D eigenvalue weighted by atomic mass is 16.5. The van der Waals surface area contributed by atoms with Crippen molar-refractivity contribution in [2.45, 2.75) is 39.3 Å². The van der Waals surface area contributed by atoms with Crippen molar-refractivity contribution in [3.63, 3.8) is 0 Å². The van der Waals surface area contributed by atoms with Crippen LogP contribution in [0.2, 0.25) is 0 Å². The molecule has 112 valence electrons. The molecule has 1 saturated heterocycles. The number of aryl methyl sites for hydroxylation is 1.